The summed E-state index contributed by atoms with van der Waals surface area (Å²) in [5, 5.41) is 5.27. The van der Waals surface area contributed by atoms with E-state index in [0.717, 1.165) is 17.1 Å². The van der Waals surface area contributed by atoms with Gasteiger partial charge in [0.05, 0.1) is 0 Å². The van der Waals surface area contributed by atoms with E-state index in [1.807, 2.05) is 11.3 Å². The number of rotatable bonds is 6. The fourth-order valence-corrected chi connectivity index (χ4v) is 8.07. The Kier molecular flexibility index (Phi) is 7.07. The molecule has 9 rings (SSSR count). The molecule has 8 aromatic carbocycles. The van der Waals surface area contributed by atoms with Gasteiger partial charge in [0.1, 0.15) is 0 Å². The minimum absolute atomic E-state index is 1.11. The van der Waals surface area contributed by atoms with Gasteiger partial charge in [0, 0.05) is 37.2 Å². The van der Waals surface area contributed by atoms with Crippen molar-refractivity contribution in [3.05, 3.63) is 188 Å². The minimum atomic E-state index is 1.11. The highest BCUT2D eigenvalue weighted by molar-refractivity contribution is 7.26. The van der Waals surface area contributed by atoms with Gasteiger partial charge >= 0.3 is 0 Å². The zero-order valence-electron chi connectivity index (χ0n) is 26.3. The molecule has 1 heterocycles. The van der Waals surface area contributed by atoms with Crippen molar-refractivity contribution in [1.29, 1.82) is 0 Å². The van der Waals surface area contributed by atoms with Gasteiger partial charge in [-0.3, -0.25) is 0 Å². The Labute approximate surface area is 284 Å². The van der Waals surface area contributed by atoms with E-state index in [1.54, 1.807) is 0 Å². The average Bonchev–Trinajstić information content (AvgIpc) is 3.55. The Morgan fingerprint density at radius 3 is 1.65 bits per heavy atom. The fourth-order valence-electron chi connectivity index (χ4n) is 6.96. The summed E-state index contributed by atoms with van der Waals surface area (Å²) >= 11 is 1.87. The van der Waals surface area contributed by atoms with Crippen LogP contribution in [-0.4, -0.2) is 0 Å². The second kappa shape index (κ2) is 12.0. The Morgan fingerprint density at radius 1 is 0.333 bits per heavy atom. The van der Waals surface area contributed by atoms with Crippen molar-refractivity contribution in [2.24, 2.45) is 0 Å². The largest absolute Gasteiger partial charge is 0.310 e. The first-order chi connectivity index (χ1) is 23.8. The Bertz CT molecular complexity index is 2530. The standard InChI is InChI=1S/C46H31NS/c1-3-11-32(12-4-1)34-21-26-38(27-22-34)47(40-17-9-16-37(31-40)33-13-5-2-6-14-33)39-28-23-35(24-29-39)41-19-10-15-36-25-30-44-46(45(36)41)42-18-7-8-20-43(42)48-44/h1-31H. The topological polar surface area (TPSA) is 3.24 Å². The average molecular weight is 630 g/mol. The molecule has 226 valence electrons. The van der Waals surface area contributed by atoms with Crippen LogP contribution in [0.5, 0.6) is 0 Å². The summed E-state index contributed by atoms with van der Waals surface area (Å²) in [6.07, 6.45) is 0. The summed E-state index contributed by atoms with van der Waals surface area (Å²) in [5.74, 6) is 0. The van der Waals surface area contributed by atoms with Gasteiger partial charge in [-0.15, -0.1) is 11.3 Å². The molecule has 48 heavy (non-hydrogen) atoms. The summed E-state index contributed by atoms with van der Waals surface area (Å²) in [6, 6.07) is 68.0. The summed E-state index contributed by atoms with van der Waals surface area (Å²) < 4.78 is 2.66. The van der Waals surface area contributed by atoms with Crippen molar-refractivity contribution in [1.82, 2.24) is 0 Å². The maximum absolute atomic E-state index is 2.36. The maximum atomic E-state index is 2.36. The molecule has 0 amide bonds. The normalized spacial score (nSPS) is 11.3. The molecule has 0 atom stereocenters. The molecule has 1 aromatic heterocycles. The SMILES string of the molecule is c1ccc(-c2ccc(N(c3ccc(-c4cccc5ccc6sc7ccccc7c6c45)cc3)c3cccc(-c4ccccc4)c3)cc2)cc1. The van der Waals surface area contributed by atoms with E-state index in [2.05, 4.69) is 193 Å². The number of hydrogen-bond acceptors (Lipinski definition) is 2. The third-order valence-electron chi connectivity index (χ3n) is 9.26. The predicted molar refractivity (Wildman–Crippen MR) is 208 cm³/mol. The zero-order valence-corrected chi connectivity index (χ0v) is 27.1. The van der Waals surface area contributed by atoms with Crippen molar-refractivity contribution in [2.75, 3.05) is 4.90 Å². The summed E-state index contributed by atoms with van der Waals surface area (Å²) in [7, 11) is 0. The van der Waals surface area contributed by atoms with E-state index in [1.165, 1.54) is 64.3 Å². The smallest absolute Gasteiger partial charge is 0.0467 e. The van der Waals surface area contributed by atoms with Crippen LogP contribution in [0.4, 0.5) is 17.1 Å². The van der Waals surface area contributed by atoms with Crippen LogP contribution in [0, 0.1) is 0 Å². The van der Waals surface area contributed by atoms with Crippen LogP contribution in [0.2, 0.25) is 0 Å². The minimum Gasteiger partial charge on any atom is -0.310 e. The molecular weight excluding hydrogens is 599 g/mol. The number of thiophene rings is 1. The van der Waals surface area contributed by atoms with Crippen LogP contribution in [0.15, 0.2) is 188 Å². The molecule has 0 aliphatic carbocycles. The molecule has 0 aliphatic heterocycles. The number of benzene rings is 8. The van der Waals surface area contributed by atoms with Crippen LogP contribution in [0.3, 0.4) is 0 Å². The Balaban J connectivity index is 1.17. The van der Waals surface area contributed by atoms with Gasteiger partial charge in [0.2, 0.25) is 0 Å². The molecule has 0 N–H and O–H groups in total. The summed E-state index contributed by atoms with van der Waals surface area (Å²) in [5.41, 5.74) is 10.6. The van der Waals surface area contributed by atoms with Gasteiger partial charge in [-0.1, -0.05) is 140 Å². The van der Waals surface area contributed by atoms with Gasteiger partial charge in [0.15, 0.2) is 0 Å². The first-order valence-corrected chi connectivity index (χ1v) is 17.2. The molecule has 0 bridgehead atoms. The van der Waals surface area contributed by atoms with Gasteiger partial charge in [-0.05, 0) is 92.7 Å². The van der Waals surface area contributed by atoms with Crippen LogP contribution in [0.1, 0.15) is 0 Å². The van der Waals surface area contributed by atoms with Crippen molar-refractivity contribution < 1.29 is 0 Å². The van der Waals surface area contributed by atoms with Gasteiger partial charge < -0.3 is 4.90 Å². The highest BCUT2D eigenvalue weighted by Gasteiger charge is 2.16. The van der Waals surface area contributed by atoms with E-state index in [0.29, 0.717) is 0 Å². The molecule has 9 aromatic rings. The van der Waals surface area contributed by atoms with Crippen molar-refractivity contribution in [3.63, 3.8) is 0 Å². The lowest BCUT2D eigenvalue weighted by atomic mass is 9.94. The van der Waals surface area contributed by atoms with E-state index < -0.39 is 0 Å². The van der Waals surface area contributed by atoms with Crippen molar-refractivity contribution in [2.45, 2.75) is 0 Å². The van der Waals surface area contributed by atoms with Gasteiger partial charge in [0.25, 0.3) is 0 Å². The van der Waals surface area contributed by atoms with E-state index in [-0.39, 0.29) is 0 Å². The molecule has 0 fully saturated rings. The van der Waals surface area contributed by atoms with Crippen LogP contribution < -0.4 is 4.90 Å². The number of hydrogen-bond donors (Lipinski definition) is 0. The molecule has 0 unspecified atom stereocenters. The van der Waals surface area contributed by atoms with Gasteiger partial charge in [-0.2, -0.15) is 0 Å². The van der Waals surface area contributed by atoms with E-state index in [9.17, 15) is 0 Å². The molecule has 0 spiro atoms. The zero-order chi connectivity index (χ0) is 31.9. The maximum Gasteiger partial charge on any atom is 0.0467 e. The highest BCUT2D eigenvalue weighted by Crippen LogP contribution is 2.43. The number of nitrogens with zero attached hydrogens (tertiary/aromatic N) is 1. The molecule has 0 saturated heterocycles. The van der Waals surface area contributed by atoms with Crippen LogP contribution in [-0.2, 0) is 0 Å². The van der Waals surface area contributed by atoms with Crippen LogP contribution in [0.25, 0.3) is 64.3 Å². The quantitative estimate of drug-likeness (QED) is 0.177. The second-order valence-corrected chi connectivity index (χ2v) is 13.2. The lowest BCUT2D eigenvalue weighted by Crippen LogP contribution is -2.10. The lowest BCUT2D eigenvalue weighted by Gasteiger charge is -2.26. The van der Waals surface area contributed by atoms with Crippen molar-refractivity contribution in [3.8, 4) is 33.4 Å². The molecule has 2 heteroatoms. The monoisotopic (exact) mass is 629 g/mol. The first kappa shape index (κ1) is 28.3. The Morgan fingerprint density at radius 2 is 0.917 bits per heavy atom. The molecular formula is C46H31NS. The predicted octanol–water partition coefficient (Wildman–Crippen LogP) is 13.7. The number of fused-ring (bicyclic) bond motifs is 5. The third kappa shape index (κ3) is 5.04. The lowest BCUT2D eigenvalue weighted by molar-refractivity contribution is 1.28. The molecule has 0 saturated carbocycles. The number of anilines is 3. The summed E-state index contributed by atoms with van der Waals surface area (Å²) in [6.45, 7) is 0. The van der Waals surface area contributed by atoms with E-state index >= 15 is 0 Å². The molecule has 0 aliphatic rings. The summed E-state index contributed by atoms with van der Waals surface area (Å²) in [4.78, 5) is 2.36. The second-order valence-electron chi connectivity index (χ2n) is 12.2. The fraction of sp³-hybridized carbons (Fsp3) is 0. The molecule has 0 radical (unpaired) electrons. The third-order valence-corrected chi connectivity index (χ3v) is 10.4. The van der Waals surface area contributed by atoms with Gasteiger partial charge in [-0.25, -0.2) is 0 Å². The Hall–Kier alpha value is -5.96. The first-order valence-electron chi connectivity index (χ1n) is 16.3. The van der Waals surface area contributed by atoms with Crippen molar-refractivity contribution >= 4 is 59.3 Å². The van der Waals surface area contributed by atoms with E-state index in [4.69, 9.17) is 0 Å². The van der Waals surface area contributed by atoms with Crippen LogP contribution >= 0.6 is 11.3 Å². The molecule has 1 nitrogen and oxygen atoms in total. The highest BCUT2D eigenvalue weighted by atomic mass is 32.1.